The highest BCUT2D eigenvalue weighted by atomic mass is 31.2. The van der Waals surface area contributed by atoms with E-state index in [2.05, 4.69) is 18.2 Å². The van der Waals surface area contributed by atoms with Gasteiger partial charge in [0.1, 0.15) is 0 Å². The van der Waals surface area contributed by atoms with Crippen molar-refractivity contribution < 1.29 is 4.57 Å². The number of hydrogen-bond donors (Lipinski definition) is 0. The first-order valence-corrected chi connectivity index (χ1v) is 10.3. The van der Waals surface area contributed by atoms with Crippen LogP contribution in [0.15, 0.2) is 78.9 Å². The predicted molar refractivity (Wildman–Crippen MR) is 102 cm³/mol. The molecule has 1 aliphatic rings. The summed E-state index contributed by atoms with van der Waals surface area (Å²) in [4.78, 5) is 0. The maximum atomic E-state index is 14.3. The Morgan fingerprint density at radius 3 is 1.71 bits per heavy atom. The fourth-order valence-corrected chi connectivity index (χ4v) is 6.34. The molecule has 0 atom stereocenters. The monoisotopic (exact) mass is 332 g/mol. The molecular weight excluding hydrogens is 311 g/mol. The summed E-state index contributed by atoms with van der Waals surface area (Å²) in [5.41, 5.74) is 2.81. The predicted octanol–water partition coefficient (Wildman–Crippen LogP) is 4.20. The standard InChI is InChI=1S/C22H21OP/c23-24(20-11-3-1-4-12-20,21-13-5-2-6-14-21)22-16-15-18-9-7-8-10-19(18)17-22/h1-6,11-17H,7-10H2. The van der Waals surface area contributed by atoms with Crippen molar-refractivity contribution in [3.63, 3.8) is 0 Å². The highest BCUT2D eigenvalue weighted by Gasteiger charge is 2.30. The summed E-state index contributed by atoms with van der Waals surface area (Å²) in [5, 5.41) is 2.78. The van der Waals surface area contributed by atoms with Crippen LogP contribution in [0.5, 0.6) is 0 Å². The third kappa shape index (κ3) is 2.64. The molecule has 0 spiro atoms. The summed E-state index contributed by atoms with van der Waals surface area (Å²) in [6, 6.07) is 26.3. The van der Waals surface area contributed by atoms with E-state index in [1.165, 1.54) is 24.0 Å². The van der Waals surface area contributed by atoms with Crippen LogP contribution in [0.1, 0.15) is 24.0 Å². The van der Waals surface area contributed by atoms with Crippen LogP contribution in [-0.4, -0.2) is 0 Å². The molecule has 24 heavy (non-hydrogen) atoms. The lowest BCUT2D eigenvalue weighted by atomic mass is 9.92. The number of aryl methyl sites for hydroxylation is 2. The molecule has 1 aliphatic carbocycles. The van der Waals surface area contributed by atoms with Crippen LogP contribution in [-0.2, 0) is 17.4 Å². The average molecular weight is 332 g/mol. The average Bonchev–Trinajstić information content (AvgIpc) is 2.68. The van der Waals surface area contributed by atoms with Crippen molar-refractivity contribution in [2.45, 2.75) is 25.7 Å². The van der Waals surface area contributed by atoms with Crippen molar-refractivity contribution in [1.82, 2.24) is 0 Å². The van der Waals surface area contributed by atoms with E-state index in [-0.39, 0.29) is 0 Å². The summed E-state index contributed by atoms with van der Waals surface area (Å²) in [6.07, 6.45) is 4.75. The van der Waals surface area contributed by atoms with Gasteiger partial charge in [-0.05, 0) is 42.9 Å². The van der Waals surface area contributed by atoms with E-state index in [0.29, 0.717) is 0 Å². The molecular formula is C22H21OP. The van der Waals surface area contributed by atoms with Gasteiger partial charge < -0.3 is 4.57 Å². The molecule has 0 bridgehead atoms. The minimum Gasteiger partial charge on any atom is -0.309 e. The van der Waals surface area contributed by atoms with Crippen molar-refractivity contribution in [3.8, 4) is 0 Å². The fraction of sp³-hybridized carbons (Fsp3) is 0.182. The Hall–Kier alpha value is -2.11. The normalized spacial score (nSPS) is 14.2. The molecule has 0 saturated heterocycles. The van der Waals surface area contributed by atoms with E-state index in [9.17, 15) is 4.57 Å². The van der Waals surface area contributed by atoms with Gasteiger partial charge in [-0.3, -0.25) is 0 Å². The minimum absolute atomic E-state index is 0.909. The first-order chi connectivity index (χ1) is 11.8. The third-order valence-electron chi connectivity index (χ3n) is 4.94. The van der Waals surface area contributed by atoms with Gasteiger partial charge >= 0.3 is 0 Å². The van der Waals surface area contributed by atoms with Crippen molar-refractivity contribution in [3.05, 3.63) is 90.0 Å². The molecule has 0 fully saturated rings. The van der Waals surface area contributed by atoms with E-state index in [1.807, 2.05) is 60.7 Å². The SMILES string of the molecule is O=P(c1ccccc1)(c1ccccc1)c1ccc2c(c1)CCCC2. The quantitative estimate of drug-likeness (QED) is 0.657. The number of benzene rings is 3. The van der Waals surface area contributed by atoms with Crippen LogP contribution >= 0.6 is 7.14 Å². The van der Waals surface area contributed by atoms with E-state index >= 15 is 0 Å². The molecule has 2 heteroatoms. The Bertz CT molecular complexity index is 841. The van der Waals surface area contributed by atoms with E-state index in [4.69, 9.17) is 0 Å². The summed E-state index contributed by atoms with van der Waals surface area (Å²) in [7, 11) is -2.82. The lowest BCUT2D eigenvalue weighted by Gasteiger charge is -2.23. The summed E-state index contributed by atoms with van der Waals surface area (Å²) < 4.78 is 14.3. The molecule has 0 unspecified atom stereocenters. The molecule has 3 aromatic carbocycles. The van der Waals surface area contributed by atoms with Crippen LogP contribution in [0.4, 0.5) is 0 Å². The second kappa shape index (κ2) is 6.42. The molecule has 4 rings (SSSR count). The number of rotatable bonds is 3. The van der Waals surface area contributed by atoms with E-state index in [1.54, 1.807) is 0 Å². The van der Waals surface area contributed by atoms with Gasteiger partial charge in [0.25, 0.3) is 0 Å². The van der Waals surface area contributed by atoms with Crippen LogP contribution < -0.4 is 15.9 Å². The second-order valence-corrected chi connectivity index (χ2v) is 9.21. The fourth-order valence-electron chi connectivity index (χ4n) is 3.64. The zero-order valence-corrected chi connectivity index (χ0v) is 14.6. The van der Waals surface area contributed by atoms with Gasteiger partial charge in [0.15, 0.2) is 7.14 Å². The number of fused-ring (bicyclic) bond motifs is 1. The van der Waals surface area contributed by atoms with Crippen molar-refractivity contribution >= 4 is 23.1 Å². The lowest BCUT2D eigenvalue weighted by molar-refractivity contribution is 0.592. The molecule has 0 amide bonds. The van der Waals surface area contributed by atoms with Crippen LogP contribution in [0.25, 0.3) is 0 Å². The Morgan fingerprint density at radius 2 is 1.12 bits per heavy atom. The molecule has 0 aromatic heterocycles. The van der Waals surface area contributed by atoms with Gasteiger partial charge in [0.05, 0.1) is 0 Å². The molecule has 1 nitrogen and oxygen atoms in total. The van der Waals surface area contributed by atoms with Gasteiger partial charge in [0, 0.05) is 15.9 Å². The molecule has 0 heterocycles. The van der Waals surface area contributed by atoms with Crippen molar-refractivity contribution in [2.75, 3.05) is 0 Å². The van der Waals surface area contributed by atoms with Gasteiger partial charge in [-0.1, -0.05) is 72.8 Å². The second-order valence-electron chi connectivity index (χ2n) is 6.44. The summed E-state index contributed by atoms with van der Waals surface area (Å²) in [5.74, 6) is 0. The van der Waals surface area contributed by atoms with Crippen LogP contribution in [0.3, 0.4) is 0 Å². The first-order valence-electron chi connectivity index (χ1n) is 8.62. The van der Waals surface area contributed by atoms with E-state index in [0.717, 1.165) is 28.8 Å². The van der Waals surface area contributed by atoms with Gasteiger partial charge in [-0.2, -0.15) is 0 Å². The van der Waals surface area contributed by atoms with Crippen LogP contribution in [0.2, 0.25) is 0 Å². The number of hydrogen-bond acceptors (Lipinski definition) is 1. The molecule has 3 aromatic rings. The van der Waals surface area contributed by atoms with Gasteiger partial charge in [0.2, 0.25) is 0 Å². The topological polar surface area (TPSA) is 17.1 Å². The van der Waals surface area contributed by atoms with Gasteiger partial charge in [-0.25, -0.2) is 0 Å². The van der Waals surface area contributed by atoms with E-state index < -0.39 is 7.14 Å². The Labute approximate surface area is 143 Å². The molecule has 0 saturated carbocycles. The zero-order chi connectivity index (χ0) is 16.4. The van der Waals surface area contributed by atoms with Crippen molar-refractivity contribution in [1.29, 1.82) is 0 Å². The zero-order valence-electron chi connectivity index (χ0n) is 13.7. The maximum absolute atomic E-state index is 14.3. The maximum Gasteiger partial charge on any atom is 0.171 e. The minimum atomic E-state index is -2.82. The summed E-state index contributed by atoms with van der Waals surface area (Å²) in [6.45, 7) is 0. The largest absolute Gasteiger partial charge is 0.309 e. The third-order valence-corrected chi connectivity index (χ3v) is 7.99. The van der Waals surface area contributed by atoms with Crippen molar-refractivity contribution in [2.24, 2.45) is 0 Å². The Balaban J connectivity index is 1.93. The molecule has 0 aliphatic heterocycles. The Kier molecular flexibility index (Phi) is 4.12. The highest BCUT2D eigenvalue weighted by Crippen LogP contribution is 2.42. The van der Waals surface area contributed by atoms with Gasteiger partial charge in [-0.15, -0.1) is 0 Å². The lowest BCUT2D eigenvalue weighted by Crippen LogP contribution is -2.25. The molecule has 0 N–H and O–H groups in total. The molecule has 0 radical (unpaired) electrons. The first kappa shape index (κ1) is 15.4. The molecule has 120 valence electrons. The summed E-state index contributed by atoms with van der Waals surface area (Å²) >= 11 is 0. The highest BCUT2D eigenvalue weighted by molar-refractivity contribution is 7.85. The van der Waals surface area contributed by atoms with Crippen LogP contribution in [0, 0.1) is 0 Å². The Morgan fingerprint density at radius 1 is 0.583 bits per heavy atom. The smallest absolute Gasteiger partial charge is 0.171 e.